The maximum Gasteiger partial charge on any atom is 0.0663 e. The Hall–Kier alpha value is -0.840. The number of hydrogen-bond acceptors (Lipinski definition) is 1. The van der Waals surface area contributed by atoms with Gasteiger partial charge in [0.2, 0.25) is 0 Å². The van der Waals surface area contributed by atoms with Crippen molar-refractivity contribution in [1.29, 1.82) is 0 Å². The zero-order chi connectivity index (χ0) is 15.0. The molecule has 0 saturated heterocycles. The second-order valence-corrected chi connectivity index (χ2v) is 8.10. The fourth-order valence-corrected chi connectivity index (χ4v) is 3.60. The summed E-state index contributed by atoms with van der Waals surface area (Å²) in [6.45, 7) is 6.99. The van der Waals surface area contributed by atoms with Gasteiger partial charge in [0.25, 0.3) is 0 Å². The van der Waals surface area contributed by atoms with E-state index in [-0.39, 0.29) is 0 Å². The van der Waals surface area contributed by atoms with Crippen molar-refractivity contribution in [3.8, 4) is 5.69 Å². The fraction of sp³-hybridized carbons (Fsp3) is 0.500. The minimum atomic E-state index is 0.386. The van der Waals surface area contributed by atoms with E-state index in [0.717, 1.165) is 12.8 Å². The number of rotatable bonds is 3. The van der Waals surface area contributed by atoms with Crippen molar-refractivity contribution in [2.75, 3.05) is 0 Å². The van der Waals surface area contributed by atoms with Gasteiger partial charge in [-0.05, 0) is 83.5 Å². The first-order chi connectivity index (χ1) is 10.00. The molecular weight excluding hydrogens is 371 g/mol. The van der Waals surface area contributed by atoms with Crippen molar-refractivity contribution in [2.45, 2.75) is 52.9 Å². The number of halogens is 1. The first-order valence-electron chi connectivity index (χ1n) is 7.86. The van der Waals surface area contributed by atoms with Crippen LogP contribution in [0.5, 0.6) is 0 Å². The van der Waals surface area contributed by atoms with Crippen LogP contribution in [0.2, 0.25) is 0 Å². The van der Waals surface area contributed by atoms with Gasteiger partial charge in [-0.3, -0.25) is 0 Å². The van der Waals surface area contributed by atoms with Crippen molar-refractivity contribution in [3.05, 3.63) is 44.8 Å². The van der Waals surface area contributed by atoms with Crippen LogP contribution in [0.4, 0.5) is 0 Å². The molecule has 21 heavy (non-hydrogen) atoms. The predicted molar refractivity (Wildman–Crippen MR) is 96.1 cm³/mol. The Morgan fingerprint density at radius 1 is 1.24 bits per heavy atom. The molecule has 2 nitrogen and oxygen atoms in total. The summed E-state index contributed by atoms with van der Waals surface area (Å²) in [6, 6.07) is 8.70. The predicted octanol–water partition coefficient (Wildman–Crippen LogP) is 4.94. The third-order valence-electron chi connectivity index (χ3n) is 4.43. The summed E-state index contributed by atoms with van der Waals surface area (Å²) in [7, 11) is 0. The van der Waals surface area contributed by atoms with Crippen LogP contribution in [0, 0.1) is 8.99 Å². The van der Waals surface area contributed by atoms with Crippen molar-refractivity contribution in [2.24, 2.45) is 5.41 Å². The van der Waals surface area contributed by atoms with Crippen LogP contribution in [0.25, 0.3) is 5.69 Å². The number of benzene rings is 1. The van der Waals surface area contributed by atoms with Crippen LogP contribution in [-0.4, -0.2) is 9.78 Å². The van der Waals surface area contributed by atoms with E-state index in [1.807, 2.05) is 0 Å². The largest absolute Gasteiger partial charge is 0.237 e. The molecule has 0 aliphatic heterocycles. The van der Waals surface area contributed by atoms with Gasteiger partial charge < -0.3 is 0 Å². The lowest BCUT2D eigenvalue weighted by atomic mass is 9.76. The lowest BCUT2D eigenvalue weighted by Crippen LogP contribution is -2.24. The van der Waals surface area contributed by atoms with Gasteiger partial charge in [-0.25, -0.2) is 4.68 Å². The van der Waals surface area contributed by atoms with Gasteiger partial charge >= 0.3 is 0 Å². The quantitative estimate of drug-likeness (QED) is 0.674. The van der Waals surface area contributed by atoms with Crippen LogP contribution in [0.3, 0.4) is 0 Å². The summed E-state index contributed by atoms with van der Waals surface area (Å²) >= 11 is 2.35. The maximum atomic E-state index is 4.96. The zero-order valence-corrected chi connectivity index (χ0v) is 15.3. The van der Waals surface area contributed by atoms with Gasteiger partial charge in [-0.2, -0.15) is 5.10 Å². The summed E-state index contributed by atoms with van der Waals surface area (Å²) in [4.78, 5) is 0. The summed E-state index contributed by atoms with van der Waals surface area (Å²) in [5, 5.41) is 4.96. The number of aryl methyl sites for hydroxylation is 1. The normalized spacial score (nSPS) is 16.8. The Labute approximate surface area is 141 Å². The van der Waals surface area contributed by atoms with Crippen LogP contribution < -0.4 is 0 Å². The lowest BCUT2D eigenvalue weighted by molar-refractivity contribution is 0.309. The molecule has 0 fully saturated rings. The molecule has 0 spiro atoms. The lowest BCUT2D eigenvalue weighted by Gasteiger charge is -2.30. The number of fused-ring (bicyclic) bond motifs is 1. The van der Waals surface area contributed by atoms with Gasteiger partial charge in [-0.1, -0.05) is 27.2 Å². The molecule has 112 valence electrons. The number of aromatic nitrogens is 2. The second kappa shape index (κ2) is 5.75. The summed E-state index contributed by atoms with van der Waals surface area (Å²) in [5.74, 6) is 0. The van der Waals surface area contributed by atoms with Crippen LogP contribution in [0.1, 0.15) is 50.6 Å². The molecule has 0 atom stereocenters. The molecule has 0 unspecified atom stereocenters. The topological polar surface area (TPSA) is 17.8 Å². The van der Waals surface area contributed by atoms with Crippen LogP contribution in [-0.2, 0) is 19.3 Å². The summed E-state index contributed by atoms with van der Waals surface area (Å²) in [6.07, 6.45) is 5.85. The Kier molecular flexibility index (Phi) is 4.12. The summed E-state index contributed by atoms with van der Waals surface area (Å²) < 4.78 is 3.48. The van der Waals surface area contributed by atoms with Crippen molar-refractivity contribution >= 4 is 22.6 Å². The number of nitrogens with zero attached hydrogens (tertiary/aromatic N) is 2. The second-order valence-electron chi connectivity index (χ2n) is 6.85. The summed E-state index contributed by atoms with van der Waals surface area (Å²) in [5.41, 5.74) is 5.87. The monoisotopic (exact) mass is 394 g/mol. The molecule has 1 aliphatic rings. The molecule has 1 aromatic carbocycles. The highest BCUT2D eigenvalue weighted by Gasteiger charge is 2.30. The van der Waals surface area contributed by atoms with Crippen LogP contribution >= 0.6 is 22.6 Å². The highest BCUT2D eigenvalue weighted by Crippen LogP contribution is 2.37. The first-order valence-corrected chi connectivity index (χ1v) is 8.93. The van der Waals surface area contributed by atoms with E-state index in [1.54, 1.807) is 0 Å². The average Bonchev–Trinajstić information content (AvgIpc) is 2.77. The molecule has 0 saturated carbocycles. The molecule has 0 amide bonds. The molecule has 2 aromatic rings. The van der Waals surface area contributed by atoms with E-state index in [0.29, 0.717) is 5.41 Å². The van der Waals surface area contributed by atoms with E-state index in [1.165, 1.54) is 45.5 Å². The third kappa shape index (κ3) is 3.03. The van der Waals surface area contributed by atoms with Gasteiger partial charge in [0.1, 0.15) is 0 Å². The SMILES string of the molecule is CCCc1nn(-c2ccc(I)cc2)c2c1CCC(C)(C)C2. The third-order valence-corrected chi connectivity index (χ3v) is 5.15. The first kappa shape index (κ1) is 15.1. The van der Waals surface area contributed by atoms with Gasteiger partial charge in [0.05, 0.1) is 11.4 Å². The minimum absolute atomic E-state index is 0.386. The molecule has 1 aromatic heterocycles. The van der Waals surface area contributed by atoms with Crippen molar-refractivity contribution in [3.63, 3.8) is 0 Å². The van der Waals surface area contributed by atoms with Gasteiger partial charge in [0, 0.05) is 9.26 Å². The molecule has 1 heterocycles. The minimum Gasteiger partial charge on any atom is -0.237 e. The average molecular weight is 394 g/mol. The van der Waals surface area contributed by atoms with E-state index >= 15 is 0 Å². The van der Waals surface area contributed by atoms with Crippen molar-refractivity contribution < 1.29 is 0 Å². The van der Waals surface area contributed by atoms with E-state index < -0.39 is 0 Å². The Balaban J connectivity index is 2.10. The fourth-order valence-electron chi connectivity index (χ4n) is 3.24. The Morgan fingerprint density at radius 2 is 1.95 bits per heavy atom. The molecule has 0 N–H and O–H groups in total. The molecule has 1 aliphatic carbocycles. The molecule has 3 heteroatoms. The molecule has 3 rings (SSSR count). The highest BCUT2D eigenvalue weighted by atomic mass is 127. The van der Waals surface area contributed by atoms with Gasteiger partial charge in [-0.15, -0.1) is 0 Å². The van der Waals surface area contributed by atoms with Crippen molar-refractivity contribution in [1.82, 2.24) is 9.78 Å². The standard InChI is InChI=1S/C18H23IN2/c1-4-5-16-15-10-11-18(2,3)12-17(15)21(20-16)14-8-6-13(19)7-9-14/h6-9H,4-5,10-12H2,1-3H3. The molecule has 0 radical (unpaired) electrons. The molecular formula is C18H23IN2. The Morgan fingerprint density at radius 3 is 2.62 bits per heavy atom. The number of hydrogen-bond donors (Lipinski definition) is 0. The van der Waals surface area contributed by atoms with Gasteiger partial charge in [0.15, 0.2) is 0 Å². The van der Waals surface area contributed by atoms with Crippen LogP contribution in [0.15, 0.2) is 24.3 Å². The smallest absolute Gasteiger partial charge is 0.0663 e. The zero-order valence-electron chi connectivity index (χ0n) is 13.1. The van der Waals surface area contributed by atoms with E-state index in [2.05, 4.69) is 72.3 Å². The Bertz CT molecular complexity index is 638. The van der Waals surface area contributed by atoms with E-state index in [9.17, 15) is 0 Å². The molecule has 0 bridgehead atoms. The van der Waals surface area contributed by atoms with E-state index in [4.69, 9.17) is 5.10 Å². The highest BCUT2D eigenvalue weighted by molar-refractivity contribution is 14.1. The maximum absolute atomic E-state index is 4.96.